The fourth-order valence-corrected chi connectivity index (χ4v) is 18.2. The first-order chi connectivity index (χ1) is 57.4. The molecule has 22 rings (SSSR count). The summed E-state index contributed by atoms with van der Waals surface area (Å²) in [6.07, 6.45) is 0. The first-order valence-corrected chi connectivity index (χ1v) is 38.7. The second kappa shape index (κ2) is 27.0. The lowest BCUT2D eigenvalue weighted by Gasteiger charge is -2.40. The number of aromatic nitrogens is 6. The van der Waals surface area contributed by atoms with Crippen molar-refractivity contribution in [2.24, 2.45) is 0 Å². The van der Waals surface area contributed by atoms with E-state index in [1.54, 1.807) is 0 Å². The van der Waals surface area contributed by atoms with E-state index in [0.717, 1.165) is 140 Å². The van der Waals surface area contributed by atoms with Gasteiger partial charge in [-0.2, -0.15) is 10.5 Å². The van der Waals surface area contributed by atoms with Crippen LogP contribution in [0.2, 0.25) is 0 Å². The SMILES string of the molecule is N#Cc1ccc(-c2cccc3c2Oc2c(-c4ccc(-c5nc(-c6ccccc6)nc(-c6cccc(-c7ccc(-c8ccc(-c9nc(-c%10ccccc%10)nc(-c%10cccc%11c%10Oc%10c(-c%12ccc(C#N)cc%12)cccc%10C%11%10c%11ccccc%11-c%11ccccc%11%10)n9)cc8)cc7)c6)n5)cc4)cccc2C32c3ccccc3-c3ccccc32)cc1. The number of fused-ring (bicyclic) bond motifs is 18. The van der Waals surface area contributed by atoms with Crippen molar-refractivity contribution >= 4 is 0 Å². The predicted molar refractivity (Wildman–Crippen MR) is 457 cm³/mol. The summed E-state index contributed by atoms with van der Waals surface area (Å²) in [5.74, 6) is 6.13. The Balaban J connectivity index is 0.584. The van der Waals surface area contributed by atoms with Gasteiger partial charge in [0, 0.05) is 66.8 Å². The fraction of sp³-hybridized carbons (Fsp3) is 0.0189. The molecule has 0 atom stereocenters. The lowest BCUT2D eigenvalue weighted by Crippen LogP contribution is -2.32. The number of nitriles is 2. The van der Waals surface area contributed by atoms with Crippen molar-refractivity contribution in [3.63, 3.8) is 0 Å². The number of hydrogen-bond donors (Lipinski definition) is 0. The quantitative estimate of drug-likeness (QED) is 0.123. The first-order valence-electron chi connectivity index (χ1n) is 38.7. The Labute approximate surface area is 669 Å². The second-order valence-electron chi connectivity index (χ2n) is 29.7. The van der Waals surface area contributed by atoms with Crippen LogP contribution < -0.4 is 9.47 Å². The van der Waals surface area contributed by atoms with Crippen molar-refractivity contribution in [1.29, 1.82) is 10.5 Å². The minimum atomic E-state index is -0.776. The third kappa shape index (κ3) is 10.6. The highest BCUT2D eigenvalue weighted by atomic mass is 16.5. The molecule has 0 saturated heterocycles. The van der Waals surface area contributed by atoms with Crippen LogP contribution in [-0.2, 0) is 10.8 Å². The van der Waals surface area contributed by atoms with Crippen LogP contribution in [0.5, 0.6) is 23.0 Å². The molecule has 18 aromatic rings. The van der Waals surface area contributed by atoms with E-state index < -0.39 is 10.8 Å². The van der Waals surface area contributed by atoms with Crippen LogP contribution in [0.1, 0.15) is 55.6 Å². The molecule has 16 aromatic carbocycles. The molecule has 2 aliphatic heterocycles. The highest BCUT2D eigenvalue weighted by Gasteiger charge is 2.54. The molecule has 0 fully saturated rings. The maximum Gasteiger partial charge on any atom is 0.167 e. The standard InChI is InChI=1S/C106H62N8O2/c107-63-65-42-46-70(47-43-65)79-30-16-38-91-95(79)115-96-81(32-18-39-92(96)105(91)87-34-11-7-26-82(87)83-27-8-12-35-88(83)105)72-56-60-76(61-57-72)101-109-99(73-20-3-1-4-21-73)111-103(112-101)78-25-15-24-77(62-78)69-52-50-67(51-53-69)68-54-58-75(59-55-68)102-110-100(74-22-5-2-6-23-74)113-104(114-102)86-33-19-41-94-98(86)116-97-80(71-48-44-66(64-108)45-49-71)31-17-40-93(97)106(94)89-36-13-9-28-84(89)85-29-10-14-37-90(85)106/h1-62H. The summed E-state index contributed by atoms with van der Waals surface area (Å²) in [6.45, 7) is 0. The van der Waals surface area contributed by atoms with Crippen molar-refractivity contribution < 1.29 is 9.47 Å². The van der Waals surface area contributed by atoms with Crippen LogP contribution in [-0.4, -0.2) is 29.9 Å². The zero-order valence-corrected chi connectivity index (χ0v) is 62.2. The van der Waals surface area contributed by atoms with E-state index in [1.807, 2.05) is 109 Å². The summed E-state index contributed by atoms with van der Waals surface area (Å²) in [7, 11) is 0. The summed E-state index contributed by atoms with van der Waals surface area (Å²) in [4.78, 5) is 31.6. The van der Waals surface area contributed by atoms with Gasteiger partial charge in [0.25, 0.3) is 0 Å². The smallest absolute Gasteiger partial charge is 0.167 e. The molecule has 4 heterocycles. The Morgan fingerprint density at radius 2 is 0.414 bits per heavy atom. The summed E-state index contributed by atoms with van der Waals surface area (Å²) >= 11 is 0. The van der Waals surface area contributed by atoms with Crippen LogP contribution >= 0.6 is 0 Å². The number of hydrogen-bond acceptors (Lipinski definition) is 10. The molecular formula is C106H62N8O2. The van der Waals surface area contributed by atoms with Gasteiger partial charge in [-0.25, -0.2) is 29.9 Å². The zero-order valence-electron chi connectivity index (χ0n) is 62.2. The van der Waals surface area contributed by atoms with Crippen molar-refractivity contribution in [1.82, 2.24) is 29.9 Å². The number of para-hydroxylation sites is 4. The van der Waals surface area contributed by atoms with Crippen molar-refractivity contribution in [3.05, 3.63) is 432 Å². The molecule has 0 saturated carbocycles. The summed E-state index contributed by atoms with van der Waals surface area (Å²) in [5.41, 5.74) is 28.0. The summed E-state index contributed by atoms with van der Waals surface area (Å²) in [5, 5.41) is 19.6. The number of nitrogens with zero attached hydrogens (tertiary/aromatic N) is 8. The maximum atomic E-state index is 9.84. The van der Waals surface area contributed by atoms with Crippen molar-refractivity contribution in [2.45, 2.75) is 10.8 Å². The molecule has 2 aliphatic carbocycles. The fourth-order valence-electron chi connectivity index (χ4n) is 18.2. The molecule has 0 N–H and O–H groups in total. The first kappa shape index (κ1) is 67.1. The van der Waals surface area contributed by atoms with Crippen LogP contribution in [0.15, 0.2) is 376 Å². The van der Waals surface area contributed by atoms with Crippen LogP contribution in [0.25, 0.3) is 146 Å². The molecule has 116 heavy (non-hydrogen) atoms. The second-order valence-corrected chi connectivity index (χ2v) is 29.7. The normalized spacial score (nSPS) is 12.9. The monoisotopic (exact) mass is 1480 g/mol. The molecule has 0 amide bonds. The molecule has 0 bridgehead atoms. The van der Waals surface area contributed by atoms with Gasteiger partial charge in [0.05, 0.1) is 39.7 Å². The van der Waals surface area contributed by atoms with Gasteiger partial charge in [-0.3, -0.25) is 0 Å². The lowest BCUT2D eigenvalue weighted by molar-refractivity contribution is 0.439. The number of benzene rings is 16. The molecule has 538 valence electrons. The highest BCUT2D eigenvalue weighted by Crippen LogP contribution is 2.67. The number of rotatable bonds is 11. The van der Waals surface area contributed by atoms with E-state index in [-0.39, 0.29) is 0 Å². The Morgan fingerprint density at radius 1 is 0.181 bits per heavy atom. The predicted octanol–water partition coefficient (Wildman–Crippen LogP) is 25.1. The van der Waals surface area contributed by atoms with E-state index in [2.05, 4.69) is 279 Å². The topological polar surface area (TPSA) is 143 Å². The summed E-state index contributed by atoms with van der Waals surface area (Å²) in [6, 6.07) is 135. The average Bonchev–Trinajstić information content (AvgIpc) is 1.49. The van der Waals surface area contributed by atoms with Gasteiger partial charge in [-0.1, -0.05) is 340 Å². The van der Waals surface area contributed by atoms with Gasteiger partial charge in [0.2, 0.25) is 0 Å². The van der Waals surface area contributed by atoms with Crippen molar-refractivity contribution in [3.8, 4) is 181 Å². The maximum absolute atomic E-state index is 9.84. The Hall–Kier alpha value is -15.9. The lowest BCUT2D eigenvalue weighted by atomic mass is 9.65. The van der Waals surface area contributed by atoms with E-state index in [0.29, 0.717) is 51.8 Å². The minimum Gasteiger partial charge on any atom is -0.455 e. The minimum absolute atomic E-state index is 0.473. The van der Waals surface area contributed by atoms with Gasteiger partial charge < -0.3 is 9.47 Å². The molecular weight excluding hydrogens is 1420 g/mol. The van der Waals surface area contributed by atoms with Crippen LogP contribution in [0.3, 0.4) is 0 Å². The Bertz CT molecular complexity index is 7040. The van der Waals surface area contributed by atoms with E-state index >= 15 is 0 Å². The molecule has 10 nitrogen and oxygen atoms in total. The van der Waals surface area contributed by atoms with Crippen LogP contribution in [0, 0.1) is 22.7 Å². The third-order valence-electron chi connectivity index (χ3n) is 23.5. The molecule has 2 aromatic heterocycles. The Kier molecular flexibility index (Phi) is 15.6. The Morgan fingerprint density at radius 3 is 0.776 bits per heavy atom. The van der Waals surface area contributed by atoms with Gasteiger partial charge in [0.1, 0.15) is 23.0 Å². The van der Waals surface area contributed by atoms with Gasteiger partial charge >= 0.3 is 0 Å². The van der Waals surface area contributed by atoms with Crippen molar-refractivity contribution in [2.75, 3.05) is 0 Å². The van der Waals surface area contributed by atoms with E-state index in [1.165, 1.54) is 33.4 Å². The zero-order chi connectivity index (χ0) is 77.0. The average molecular weight is 1480 g/mol. The third-order valence-corrected chi connectivity index (χ3v) is 23.5. The summed E-state index contributed by atoms with van der Waals surface area (Å²) < 4.78 is 14.9. The molecule has 2 spiro atoms. The largest absolute Gasteiger partial charge is 0.455 e. The van der Waals surface area contributed by atoms with Gasteiger partial charge in [-0.05, 0) is 120 Å². The van der Waals surface area contributed by atoms with Gasteiger partial charge in [0.15, 0.2) is 34.9 Å². The molecule has 4 aliphatic rings. The number of ether oxygens (including phenoxy) is 2. The van der Waals surface area contributed by atoms with Crippen LogP contribution in [0.4, 0.5) is 0 Å². The van der Waals surface area contributed by atoms with E-state index in [9.17, 15) is 10.5 Å². The van der Waals surface area contributed by atoms with E-state index in [4.69, 9.17) is 39.4 Å². The molecule has 10 heteroatoms. The molecule has 0 radical (unpaired) electrons. The van der Waals surface area contributed by atoms with Gasteiger partial charge in [-0.15, -0.1) is 0 Å². The highest BCUT2D eigenvalue weighted by molar-refractivity contribution is 5.95. The molecule has 0 unspecified atom stereocenters.